The lowest BCUT2D eigenvalue weighted by Crippen LogP contribution is -2.10. The minimum Gasteiger partial charge on any atom is -0.366 e. The van der Waals surface area contributed by atoms with E-state index in [4.69, 9.17) is 0 Å². The van der Waals surface area contributed by atoms with Gasteiger partial charge in [-0.15, -0.1) is 0 Å². The SMILES string of the molecule is Cc1ccc(NC(C#N)c2cc(C)c(C)cc2C)cc1. The van der Waals surface area contributed by atoms with Crippen molar-refractivity contribution < 1.29 is 0 Å². The lowest BCUT2D eigenvalue weighted by Gasteiger charge is -2.17. The maximum atomic E-state index is 9.47. The van der Waals surface area contributed by atoms with Crippen LogP contribution >= 0.6 is 0 Å². The molecule has 0 aliphatic heterocycles. The van der Waals surface area contributed by atoms with Crippen LogP contribution < -0.4 is 5.32 Å². The van der Waals surface area contributed by atoms with E-state index in [1.807, 2.05) is 24.3 Å². The van der Waals surface area contributed by atoms with Gasteiger partial charge in [-0.05, 0) is 62.1 Å². The smallest absolute Gasteiger partial charge is 0.140 e. The van der Waals surface area contributed by atoms with E-state index in [2.05, 4.69) is 51.2 Å². The van der Waals surface area contributed by atoms with Crippen LogP contribution in [0.2, 0.25) is 0 Å². The van der Waals surface area contributed by atoms with Crippen LogP contribution in [0.3, 0.4) is 0 Å². The molecule has 0 saturated heterocycles. The maximum absolute atomic E-state index is 9.47. The summed E-state index contributed by atoms with van der Waals surface area (Å²) in [6, 6.07) is 14.4. The summed E-state index contributed by atoms with van der Waals surface area (Å²) < 4.78 is 0. The van der Waals surface area contributed by atoms with Crippen molar-refractivity contribution in [2.75, 3.05) is 5.32 Å². The van der Waals surface area contributed by atoms with E-state index in [1.165, 1.54) is 16.7 Å². The van der Waals surface area contributed by atoms with Crippen LogP contribution in [-0.4, -0.2) is 0 Å². The highest BCUT2D eigenvalue weighted by Gasteiger charge is 2.14. The van der Waals surface area contributed by atoms with Crippen molar-refractivity contribution in [2.24, 2.45) is 0 Å². The Balaban J connectivity index is 2.31. The van der Waals surface area contributed by atoms with Crippen LogP contribution in [0.25, 0.3) is 0 Å². The van der Waals surface area contributed by atoms with Gasteiger partial charge in [0.2, 0.25) is 0 Å². The fourth-order valence-electron chi connectivity index (χ4n) is 2.29. The average molecular weight is 264 g/mol. The zero-order valence-electron chi connectivity index (χ0n) is 12.5. The van der Waals surface area contributed by atoms with Crippen LogP contribution in [0.4, 0.5) is 5.69 Å². The summed E-state index contributed by atoms with van der Waals surface area (Å²) in [5, 5.41) is 12.8. The Morgan fingerprint density at radius 1 is 0.900 bits per heavy atom. The maximum Gasteiger partial charge on any atom is 0.140 e. The Hall–Kier alpha value is -2.27. The van der Waals surface area contributed by atoms with Gasteiger partial charge in [-0.2, -0.15) is 5.26 Å². The summed E-state index contributed by atoms with van der Waals surface area (Å²) in [4.78, 5) is 0. The van der Waals surface area contributed by atoms with Crippen molar-refractivity contribution in [3.63, 3.8) is 0 Å². The topological polar surface area (TPSA) is 35.8 Å². The van der Waals surface area contributed by atoms with Crippen LogP contribution in [0.5, 0.6) is 0 Å². The summed E-state index contributed by atoms with van der Waals surface area (Å²) in [5.41, 5.74) is 6.87. The standard InChI is InChI=1S/C18H20N2/c1-12-5-7-16(8-6-12)20-18(11-19)17-10-14(3)13(2)9-15(17)4/h5-10,18,20H,1-4H3. The molecule has 0 bridgehead atoms. The Morgan fingerprint density at radius 2 is 1.50 bits per heavy atom. The fourth-order valence-corrected chi connectivity index (χ4v) is 2.29. The van der Waals surface area contributed by atoms with E-state index < -0.39 is 0 Å². The zero-order chi connectivity index (χ0) is 14.7. The molecule has 1 atom stereocenters. The van der Waals surface area contributed by atoms with Gasteiger partial charge in [0, 0.05) is 5.69 Å². The van der Waals surface area contributed by atoms with Crippen LogP contribution in [0.15, 0.2) is 36.4 Å². The van der Waals surface area contributed by atoms with E-state index >= 15 is 0 Å². The first-order valence-electron chi connectivity index (χ1n) is 6.82. The van der Waals surface area contributed by atoms with Gasteiger partial charge >= 0.3 is 0 Å². The summed E-state index contributed by atoms with van der Waals surface area (Å²) in [6.07, 6.45) is 0. The molecule has 1 unspecified atom stereocenters. The third kappa shape index (κ3) is 3.00. The van der Waals surface area contributed by atoms with Crippen molar-refractivity contribution in [3.8, 4) is 6.07 Å². The lowest BCUT2D eigenvalue weighted by atomic mass is 9.96. The van der Waals surface area contributed by atoms with Gasteiger partial charge in [0.15, 0.2) is 0 Å². The molecule has 0 aliphatic rings. The summed E-state index contributed by atoms with van der Waals surface area (Å²) in [7, 11) is 0. The fraction of sp³-hybridized carbons (Fsp3) is 0.278. The number of hydrogen-bond acceptors (Lipinski definition) is 2. The molecule has 2 aromatic rings. The molecule has 2 aromatic carbocycles. The van der Waals surface area contributed by atoms with Gasteiger partial charge in [-0.1, -0.05) is 29.8 Å². The number of rotatable bonds is 3. The van der Waals surface area contributed by atoms with E-state index in [-0.39, 0.29) is 6.04 Å². The van der Waals surface area contributed by atoms with E-state index in [0.29, 0.717) is 0 Å². The molecular weight excluding hydrogens is 244 g/mol. The third-order valence-corrected chi connectivity index (χ3v) is 3.69. The molecule has 20 heavy (non-hydrogen) atoms. The predicted molar refractivity (Wildman–Crippen MR) is 83.8 cm³/mol. The number of aryl methyl sites for hydroxylation is 4. The number of benzene rings is 2. The van der Waals surface area contributed by atoms with Crippen LogP contribution in [0.1, 0.15) is 33.9 Å². The van der Waals surface area contributed by atoms with Gasteiger partial charge in [0.1, 0.15) is 6.04 Å². The highest BCUT2D eigenvalue weighted by Crippen LogP contribution is 2.25. The molecule has 0 saturated carbocycles. The molecule has 0 spiro atoms. The molecule has 0 fully saturated rings. The highest BCUT2D eigenvalue weighted by molar-refractivity contribution is 5.50. The van der Waals surface area contributed by atoms with Crippen LogP contribution in [0, 0.1) is 39.0 Å². The number of nitrogens with one attached hydrogen (secondary N) is 1. The Kier molecular flexibility index (Phi) is 4.10. The number of nitrogens with zero attached hydrogens (tertiary/aromatic N) is 1. The van der Waals surface area contributed by atoms with E-state index in [1.54, 1.807) is 0 Å². The molecule has 1 N–H and O–H groups in total. The molecular formula is C18H20N2. The van der Waals surface area contributed by atoms with Crippen molar-refractivity contribution in [3.05, 3.63) is 64.2 Å². The second-order valence-electron chi connectivity index (χ2n) is 5.37. The molecule has 2 heteroatoms. The molecule has 0 aromatic heterocycles. The number of nitriles is 1. The monoisotopic (exact) mass is 264 g/mol. The first-order valence-corrected chi connectivity index (χ1v) is 6.82. The lowest BCUT2D eigenvalue weighted by molar-refractivity contribution is 0.974. The Bertz CT molecular complexity index is 648. The minimum atomic E-state index is -0.322. The largest absolute Gasteiger partial charge is 0.366 e. The van der Waals surface area contributed by atoms with Crippen molar-refractivity contribution in [1.82, 2.24) is 0 Å². The van der Waals surface area contributed by atoms with Gasteiger partial charge in [0.25, 0.3) is 0 Å². The number of anilines is 1. The molecule has 0 amide bonds. The Labute approximate surface area is 121 Å². The Morgan fingerprint density at radius 3 is 2.10 bits per heavy atom. The second kappa shape index (κ2) is 5.79. The predicted octanol–water partition coefficient (Wildman–Crippen LogP) is 4.60. The third-order valence-electron chi connectivity index (χ3n) is 3.69. The van der Waals surface area contributed by atoms with Gasteiger partial charge in [-0.3, -0.25) is 0 Å². The second-order valence-corrected chi connectivity index (χ2v) is 5.37. The first kappa shape index (κ1) is 14.1. The summed E-state index contributed by atoms with van der Waals surface area (Å²) >= 11 is 0. The molecule has 2 nitrogen and oxygen atoms in total. The van der Waals surface area contributed by atoms with Crippen molar-refractivity contribution in [2.45, 2.75) is 33.7 Å². The van der Waals surface area contributed by atoms with Gasteiger partial charge in [0.05, 0.1) is 6.07 Å². The highest BCUT2D eigenvalue weighted by atomic mass is 14.9. The van der Waals surface area contributed by atoms with E-state index in [0.717, 1.165) is 16.8 Å². The zero-order valence-corrected chi connectivity index (χ0v) is 12.5. The van der Waals surface area contributed by atoms with Crippen molar-refractivity contribution >= 4 is 5.69 Å². The average Bonchev–Trinajstić information content (AvgIpc) is 2.43. The molecule has 0 heterocycles. The van der Waals surface area contributed by atoms with Crippen LogP contribution in [-0.2, 0) is 0 Å². The quantitative estimate of drug-likeness (QED) is 0.879. The minimum absolute atomic E-state index is 0.322. The van der Waals surface area contributed by atoms with Gasteiger partial charge in [-0.25, -0.2) is 0 Å². The van der Waals surface area contributed by atoms with E-state index in [9.17, 15) is 5.26 Å². The summed E-state index contributed by atoms with van der Waals surface area (Å²) in [5.74, 6) is 0. The normalized spacial score (nSPS) is 11.8. The molecule has 2 rings (SSSR count). The summed E-state index contributed by atoms with van der Waals surface area (Å²) in [6.45, 7) is 8.29. The van der Waals surface area contributed by atoms with Gasteiger partial charge < -0.3 is 5.32 Å². The number of hydrogen-bond donors (Lipinski definition) is 1. The van der Waals surface area contributed by atoms with Crippen molar-refractivity contribution in [1.29, 1.82) is 5.26 Å². The molecule has 102 valence electrons. The molecule has 0 aliphatic carbocycles. The molecule has 0 radical (unpaired) electrons. The first-order chi connectivity index (χ1) is 9.51.